The molecule has 0 spiro atoms. The highest BCUT2D eigenvalue weighted by molar-refractivity contribution is 14.1. The van der Waals surface area contributed by atoms with Gasteiger partial charge in [0, 0.05) is 45.7 Å². The maximum Gasteiger partial charge on any atom is 0.263 e. The average Bonchev–Trinajstić information content (AvgIpc) is 3.57. The number of anilines is 2. The highest BCUT2D eigenvalue weighted by Crippen LogP contribution is 2.33. The van der Waals surface area contributed by atoms with Gasteiger partial charge in [0.1, 0.15) is 16.3 Å². The number of aromatic nitrogens is 3. The predicted molar refractivity (Wildman–Crippen MR) is 161 cm³/mol. The summed E-state index contributed by atoms with van der Waals surface area (Å²) in [5, 5.41) is 13.3. The summed E-state index contributed by atoms with van der Waals surface area (Å²) in [5.74, 6) is 0.167. The first-order valence-electron chi connectivity index (χ1n) is 12.1. The van der Waals surface area contributed by atoms with Gasteiger partial charge in [-0.3, -0.25) is 9.52 Å². The number of nitriles is 1. The van der Waals surface area contributed by atoms with Crippen LogP contribution in [0.25, 0.3) is 16.8 Å². The number of hydrogen-bond acceptors (Lipinski definition) is 8. The van der Waals surface area contributed by atoms with Crippen LogP contribution in [0.1, 0.15) is 22.3 Å². The van der Waals surface area contributed by atoms with E-state index in [2.05, 4.69) is 42.3 Å². The van der Waals surface area contributed by atoms with Gasteiger partial charge in [-0.25, -0.2) is 13.4 Å². The van der Waals surface area contributed by atoms with Gasteiger partial charge in [-0.15, -0.1) is 0 Å². The van der Waals surface area contributed by atoms with Crippen LogP contribution in [0.5, 0.6) is 0 Å². The molecule has 2 aromatic carbocycles. The highest BCUT2D eigenvalue weighted by atomic mass is 127. The Balaban J connectivity index is 1.41. The number of carbonyl (C=O) groups excluding carboxylic acids is 1. The first kappa shape index (κ1) is 28.1. The van der Waals surface area contributed by atoms with E-state index in [1.807, 2.05) is 20.2 Å². The Bertz CT molecular complexity index is 1800. The van der Waals surface area contributed by atoms with Crippen molar-refractivity contribution in [2.24, 2.45) is 0 Å². The van der Waals surface area contributed by atoms with E-state index in [0.29, 0.717) is 56.5 Å². The minimum absolute atomic E-state index is 0.0515. The number of likely N-dealkylation sites (N-methyl/N-ethyl adjacent to an activating group) is 1. The van der Waals surface area contributed by atoms with Crippen molar-refractivity contribution in [1.29, 1.82) is 5.26 Å². The van der Waals surface area contributed by atoms with E-state index in [1.165, 1.54) is 28.9 Å². The summed E-state index contributed by atoms with van der Waals surface area (Å²) in [7, 11) is 0.00568. The molecule has 206 valence electrons. The molecule has 0 bridgehead atoms. The monoisotopic (exact) mass is 690 g/mol. The lowest BCUT2D eigenvalue weighted by atomic mass is 10.1. The second-order valence-corrected chi connectivity index (χ2v) is 12.8. The molecular weight excluding hydrogens is 667 g/mol. The van der Waals surface area contributed by atoms with Gasteiger partial charge >= 0.3 is 0 Å². The minimum atomic E-state index is -4.01. The van der Waals surface area contributed by atoms with E-state index in [9.17, 15) is 13.2 Å². The molecule has 11 nitrogen and oxygen atoms in total. The summed E-state index contributed by atoms with van der Waals surface area (Å²) >= 11 is 8.20. The standard InChI is InChI=1S/C26H24ClIN8O3S/c1-34(2)17-7-8-35(14-17)26(37)20-13-32-36-24(30)19(12-31-25(20)36)18-5-4-16(10-22(18)28)33-40(38,39)23-6-3-15(11-29)9-21(23)27/h3-6,9-10,12-13,17,33H,7-8,14,30H2,1-2H3. The average molecular weight is 691 g/mol. The number of benzene rings is 2. The quantitative estimate of drug-likeness (QED) is 0.291. The van der Waals surface area contributed by atoms with Crippen molar-refractivity contribution in [3.05, 3.63) is 68.5 Å². The lowest BCUT2D eigenvalue weighted by Gasteiger charge is -2.20. The number of hydrogen-bond donors (Lipinski definition) is 2. The zero-order valence-corrected chi connectivity index (χ0v) is 25.2. The van der Waals surface area contributed by atoms with Gasteiger partial charge in [0.2, 0.25) is 0 Å². The van der Waals surface area contributed by atoms with Gasteiger partial charge in [0.25, 0.3) is 15.9 Å². The van der Waals surface area contributed by atoms with Crippen LogP contribution in [0.15, 0.2) is 53.7 Å². The molecule has 4 aromatic rings. The maximum atomic E-state index is 13.2. The topological polar surface area (TPSA) is 150 Å². The molecule has 1 unspecified atom stereocenters. The zero-order chi connectivity index (χ0) is 28.8. The Labute approximate surface area is 249 Å². The highest BCUT2D eigenvalue weighted by Gasteiger charge is 2.30. The Hall–Kier alpha value is -3.45. The van der Waals surface area contributed by atoms with Crippen molar-refractivity contribution in [2.75, 3.05) is 37.6 Å². The van der Waals surface area contributed by atoms with E-state index in [-0.39, 0.29) is 21.4 Å². The van der Waals surface area contributed by atoms with E-state index in [4.69, 9.17) is 22.6 Å². The van der Waals surface area contributed by atoms with Crippen molar-refractivity contribution >= 4 is 67.3 Å². The third kappa shape index (κ3) is 5.19. The van der Waals surface area contributed by atoms with Crippen molar-refractivity contribution in [2.45, 2.75) is 17.4 Å². The van der Waals surface area contributed by atoms with Crippen molar-refractivity contribution in [3.8, 4) is 17.2 Å². The van der Waals surface area contributed by atoms with E-state index >= 15 is 0 Å². The molecule has 1 fully saturated rings. The summed E-state index contributed by atoms with van der Waals surface area (Å²) < 4.78 is 30.5. The minimum Gasteiger partial charge on any atom is -0.383 e. The van der Waals surface area contributed by atoms with Crippen LogP contribution in [0.3, 0.4) is 0 Å². The molecule has 3 heterocycles. The molecule has 1 aliphatic heterocycles. The first-order valence-corrected chi connectivity index (χ1v) is 15.0. The second kappa shape index (κ2) is 10.8. The smallest absolute Gasteiger partial charge is 0.263 e. The number of carbonyl (C=O) groups is 1. The third-order valence-electron chi connectivity index (χ3n) is 6.84. The van der Waals surface area contributed by atoms with Gasteiger partial charge in [-0.1, -0.05) is 17.7 Å². The van der Waals surface area contributed by atoms with E-state index < -0.39 is 10.0 Å². The summed E-state index contributed by atoms with van der Waals surface area (Å²) in [5.41, 5.74) is 9.11. The van der Waals surface area contributed by atoms with E-state index in [1.54, 1.807) is 29.3 Å². The van der Waals surface area contributed by atoms with Gasteiger partial charge in [0.15, 0.2) is 5.65 Å². The van der Waals surface area contributed by atoms with Gasteiger partial charge < -0.3 is 15.5 Å². The van der Waals surface area contributed by atoms with Crippen LogP contribution in [0.4, 0.5) is 11.5 Å². The number of rotatable bonds is 6. The zero-order valence-electron chi connectivity index (χ0n) is 21.5. The SMILES string of the molecule is CN(C)C1CCN(C(=O)c2cnn3c(N)c(-c4ccc(NS(=O)(=O)c5ccc(C#N)cc5Cl)cc4I)cnc23)C1. The fraction of sp³-hybridized carbons (Fsp3) is 0.231. The molecule has 40 heavy (non-hydrogen) atoms. The lowest BCUT2D eigenvalue weighted by Crippen LogP contribution is -2.34. The molecule has 0 aliphatic carbocycles. The van der Waals surface area contributed by atoms with Crippen molar-refractivity contribution < 1.29 is 13.2 Å². The van der Waals surface area contributed by atoms with Gasteiger partial charge in [-0.2, -0.15) is 14.9 Å². The molecule has 14 heteroatoms. The summed E-state index contributed by atoms with van der Waals surface area (Å²) in [6, 6.07) is 11.2. The molecule has 5 rings (SSSR count). The summed E-state index contributed by atoms with van der Waals surface area (Å²) in [6.07, 6.45) is 3.99. The number of sulfonamides is 1. The molecule has 2 aromatic heterocycles. The van der Waals surface area contributed by atoms with Crippen LogP contribution < -0.4 is 10.5 Å². The summed E-state index contributed by atoms with van der Waals surface area (Å²) in [4.78, 5) is 21.5. The van der Waals surface area contributed by atoms with Gasteiger partial charge in [-0.05, 0) is 73.4 Å². The molecule has 0 saturated carbocycles. The number of nitrogens with one attached hydrogen (secondary N) is 1. The van der Waals surface area contributed by atoms with Crippen LogP contribution >= 0.6 is 34.2 Å². The number of nitrogen functional groups attached to an aromatic ring is 1. The molecule has 1 aliphatic rings. The Morgan fingerprint density at radius 1 is 1.23 bits per heavy atom. The lowest BCUT2D eigenvalue weighted by molar-refractivity contribution is 0.0784. The molecule has 0 radical (unpaired) electrons. The Morgan fingerprint density at radius 2 is 2.00 bits per heavy atom. The van der Waals surface area contributed by atoms with Crippen LogP contribution in [-0.4, -0.2) is 71.9 Å². The number of amides is 1. The Morgan fingerprint density at radius 3 is 2.65 bits per heavy atom. The number of nitrogens with zero attached hydrogens (tertiary/aromatic N) is 6. The first-order chi connectivity index (χ1) is 19.0. The van der Waals surface area contributed by atoms with Crippen molar-refractivity contribution in [1.82, 2.24) is 24.4 Å². The van der Waals surface area contributed by atoms with Crippen LogP contribution in [0, 0.1) is 14.9 Å². The number of nitrogens with two attached hydrogens (primary N) is 1. The number of likely N-dealkylation sites (tertiary alicyclic amines) is 1. The second-order valence-electron chi connectivity index (χ2n) is 9.57. The number of fused-ring (bicyclic) bond motifs is 1. The van der Waals surface area contributed by atoms with E-state index in [0.717, 1.165) is 6.42 Å². The maximum absolute atomic E-state index is 13.2. The largest absolute Gasteiger partial charge is 0.383 e. The third-order valence-corrected chi connectivity index (χ3v) is 9.59. The number of halogens is 2. The van der Waals surface area contributed by atoms with Crippen LogP contribution in [-0.2, 0) is 10.0 Å². The predicted octanol–water partition coefficient (Wildman–Crippen LogP) is 3.69. The normalized spacial score (nSPS) is 15.5. The molecule has 1 atom stereocenters. The molecule has 3 N–H and O–H groups in total. The molecular formula is C26H24ClIN8O3S. The fourth-order valence-corrected chi connectivity index (χ4v) is 7.02. The van der Waals surface area contributed by atoms with Gasteiger partial charge in [0.05, 0.1) is 22.9 Å². The van der Waals surface area contributed by atoms with Crippen molar-refractivity contribution in [3.63, 3.8) is 0 Å². The molecule has 1 amide bonds. The fourth-order valence-electron chi connectivity index (χ4n) is 4.62. The molecule has 1 saturated heterocycles. The Kier molecular flexibility index (Phi) is 7.62. The van der Waals surface area contributed by atoms with Crippen LogP contribution in [0.2, 0.25) is 5.02 Å². The summed E-state index contributed by atoms with van der Waals surface area (Å²) in [6.45, 7) is 1.31.